The lowest BCUT2D eigenvalue weighted by Crippen LogP contribution is -2.49. The molecule has 0 unspecified atom stereocenters. The molecule has 6 rings (SSSR count). The van der Waals surface area contributed by atoms with E-state index in [0.717, 1.165) is 29.1 Å². The van der Waals surface area contributed by atoms with Crippen LogP contribution in [0.1, 0.15) is 51.3 Å². The number of benzene rings is 2. The van der Waals surface area contributed by atoms with Gasteiger partial charge in [-0.3, -0.25) is 19.8 Å². The number of thiophene rings is 1. The molecule has 1 aliphatic carbocycles. The Morgan fingerprint density at radius 2 is 1.77 bits per heavy atom. The smallest absolute Gasteiger partial charge is 0.299 e. The van der Waals surface area contributed by atoms with E-state index in [1.54, 1.807) is 18.4 Å². The van der Waals surface area contributed by atoms with Crippen molar-refractivity contribution in [1.82, 2.24) is 15.5 Å². The van der Waals surface area contributed by atoms with E-state index in [-0.39, 0.29) is 46.6 Å². The zero-order valence-electron chi connectivity index (χ0n) is 23.4. The number of nitrogens with zero attached hydrogens (tertiary/aromatic N) is 1. The zero-order valence-corrected chi connectivity index (χ0v) is 24.2. The second kappa shape index (κ2) is 11.0. The topological polar surface area (TPSA) is 147 Å². The van der Waals surface area contributed by atoms with Gasteiger partial charge in [0.05, 0.1) is 32.3 Å². The molecular formula is C30H28F3N5O5S. The van der Waals surface area contributed by atoms with Crippen LogP contribution < -0.4 is 16.4 Å². The van der Waals surface area contributed by atoms with Gasteiger partial charge in [0.1, 0.15) is 17.7 Å². The minimum absolute atomic E-state index is 0.00203. The number of carbonyl (C=O) groups is 3. The third kappa shape index (κ3) is 5.22. The summed E-state index contributed by atoms with van der Waals surface area (Å²) in [5.74, 6) is -6.99. The summed E-state index contributed by atoms with van der Waals surface area (Å²) in [4.78, 5) is 41.9. The summed E-state index contributed by atoms with van der Waals surface area (Å²) in [5.41, 5.74) is 5.44. The van der Waals surface area contributed by atoms with Gasteiger partial charge in [-0.05, 0) is 54.4 Å². The number of nitrogen functional groups attached to an aromatic ring is 1. The molecule has 5 N–H and O–H groups in total. The molecule has 3 heterocycles. The highest BCUT2D eigenvalue weighted by atomic mass is 32.1. The maximum Gasteiger partial charge on any atom is 0.299 e. The van der Waals surface area contributed by atoms with Crippen LogP contribution in [0.3, 0.4) is 0 Å². The highest BCUT2D eigenvalue weighted by Gasteiger charge is 2.52. The van der Waals surface area contributed by atoms with Crippen molar-refractivity contribution >= 4 is 34.9 Å². The molecule has 1 aromatic heterocycles. The van der Waals surface area contributed by atoms with Crippen molar-refractivity contribution in [3.05, 3.63) is 80.8 Å². The first kappa shape index (κ1) is 29.8. The van der Waals surface area contributed by atoms with E-state index in [9.17, 15) is 27.6 Å². The van der Waals surface area contributed by atoms with E-state index in [1.165, 1.54) is 28.4 Å². The fraction of sp³-hybridized carbons (Fsp3) is 0.333. The zero-order chi connectivity index (χ0) is 31.4. The number of hydrogen-bond donors (Lipinski definition) is 4. The lowest BCUT2D eigenvalue weighted by molar-refractivity contribution is -0.152. The summed E-state index contributed by atoms with van der Waals surface area (Å²) >= 11 is 1.34. The predicted octanol–water partition coefficient (Wildman–Crippen LogP) is 3.24. The van der Waals surface area contributed by atoms with E-state index in [0.29, 0.717) is 18.8 Å². The van der Waals surface area contributed by atoms with Gasteiger partial charge >= 0.3 is 0 Å². The summed E-state index contributed by atoms with van der Waals surface area (Å²) in [6.07, 6.45) is 0.0867. The Labute approximate surface area is 253 Å². The van der Waals surface area contributed by atoms with Gasteiger partial charge in [-0.1, -0.05) is 6.07 Å². The SMILES string of the molecule is C[C@@H](NC(=O)[C@@H]1CC2(CN1C(=O)CNC(=O)c1ccc3c(c1)-c1cc(F)ccc1C3(F)F)OCCO2)c1cc(C(=N)N)cs1. The first-order chi connectivity index (χ1) is 20.9. The summed E-state index contributed by atoms with van der Waals surface area (Å²) in [7, 11) is 0. The Morgan fingerprint density at radius 1 is 1.09 bits per heavy atom. The molecule has 3 aromatic rings. The molecule has 2 aromatic carbocycles. The molecule has 0 radical (unpaired) electrons. The van der Waals surface area contributed by atoms with E-state index >= 15 is 0 Å². The van der Waals surface area contributed by atoms with Crippen LogP contribution in [0.25, 0.3) is 11.1 Å². The van der Waals surface area contributed by atoms with Crippen molar-refractivity contribution in [2.75, 3.05) is 26.3 Å². The third-order valence-electron chi connectivity index (χ3n) is 8.07. The molecule has 2 fully saturated rings. The van der Waals surface area contributed by atoms with E-state index in [2.05, 4.69) is 10.6 Å². The van der Waals surface area contributed by atoms with Crippen LogP contribution in [0.4, 0.5) is 13.2 Å². The number of fused-ring (bicyclic) bond motifs is 3. The van der Waals surface area contributed by atoms with Gasteiger partial charge in [-0.15, -0.1) is 11.3 Å². The first-order valence-electron chi connectivity index (χ1n) is 13.8. The Balaban J connectivity index is 1.15. The Bertz CT molecular complexity index is 1690. The van der Waals surface area contributed by atoms with E-state index in [4.69, 9.17) is 20.6 Å². The maximum atomic E-state index is 14.9. The van der Waals surface area contributed by atoms with Gasteiger partial charge < -0.3 is 30.7 Å². The Kier molecular flexibility index (Phi) is 7.46. The van der Waals surface area contributed by atoms with Crippen molar-refractivity contribution in [3.8, 4) is 11.1 Å². The van der Waals surface area contributed by atoms with Crippen LogP contribution in [0, 0.1) is 11.2 Å². The molecular weight excluding hydrogens is 599 g/mol. The number of alkyl halides is 2. The molecule has 14 heteroatoms. The monoisotopic (exact) mass is 627 g/mol. The number of likely N-dealkylation sites (tertiary alicyclic amines) is 1. The average Bonchev–Trinajstić information content (AvgIpc) is 3.78. The quantitative estimate of drug-likeness (QED) is 0.234. The number of ether oxygens (including phenoxy) is 2. The van der Waals surface area contributed by atoms with Gasteiger partial charge in [0, 0.05) is 38.9 Å². The van der Waals surface area contributed by atoms with Crippen LogP contribution in [-0.4, -0.2) is 66.6 Å². The standard InChI is InChI=1S/C30H28F3N5O5S/c1-15(24-9-17(13-44-24)26(34)35)37-28(41)23-11-29(42-6-7-43-29)14-38(23)25(39)12-36-27(40)16-2-4-21-19(8-16)20-10-18(31)3-5-22(20)30(21,32)33/h2-5,8-10,13,15,23H,6-7,11-12,14H2,1H3,(H3,34,35)(H,36,40)(H,37,41)/t15-,23+/m1/s1. The number of halogens is 3. The van der Waals surface area contributed by atoms with Gasteiger partial charge in [-0.2, -0.15) is 8.78 Å². The van der Waals surface area contributed by atoms with Crippen molar-refractivity contribution in [2.45, 2.75) is 37.1 Å². The van der Waals surface area contributed by atoms with Crippen molar-refractivity contribution < 1.29 is 37.0 Å². The average molecular weight is 628 g/mol. The van der Waals surface area contributed by atoms with Gasteiger partial charge in [0.25, 0.3) is 11.8 Å². The van der Waals surface area contributed by atoms with E-state index in [1.807, 2.05) is 0 Å². The third-order valence-corrected chi connectivity index (χ3v) is 9.19. The number of nitrogens with two attached hydrogens (primary N) is 1. The molecule has 0 bridgehead atoms. The Hall–Kier alpha value is -4.27. The van der Waals surface area contributed by atoms with Gasteiger partial charge in [-0.25, -0.2) is 4.39 Å². The van der Waals surface area contributed by atoms with Crippen LogP contribution in [0.15, 0.2) is 47.8 Å². The number of amidine groups is 1. The molecule has 2 aliphatic heterocycles. The molecule has 3 amide bonds. The van der Waals surface area contributed by atoms with Crippen LogP contribution in [0.5, 0.6) is 0 Å². The van der Waals surface area contributed by atoms with Crippen LogP contribution in [0.2, 0.25) is 0 Å². The fourth-order valence-electron chi connectivity index (χ4n) is 5.84. The highest BCUT2D eigenvalue weighted by Crippen LogP contribution is 2.51. The highest BCUT2D eigenvalue weighted by molar-refractivity contribution is 7.10. The molecule has 1 spiro atoms. The van der Waals surface area contributed by atoms with Crippen molar-refractivity contribution in [1.29, 1.82) is 5.41 Å². The summed E-state index contributed by atoms with van der Waals surface area (Å²) < 4.78 is 55.3. The van der Waals surface area contributed by atoms with Gasteiger partial charge in [0.2, 0.25) is 11.8 Å². The second-order valence-corrected chi connectivity index (χ2v) is 11.9. The molecule has 230 valence electrons. The summed E-state index contributed by atoms with van der Waals surface area (Å²) in [5, 5.41) is 14.7. The summed E-state index contributed by atoms with van der Waals surface area (Å²) in [6, 6.07) is 6.90. The predicted molar refractivity (Wildman–Crippen MR) is 154 cm³/mol. The normalized spacial score (nSPS) is 19.8. The number of amides is 3. The largest absolute Gasteiger partial charge is 0.384 e. The van der Waals surface area contributed by atoms with Crippen molar-refractivity contribution in [3.63, 3.8) is 0 Å². The minimum Gasteiger partial charge on any atom is -0.384 e. The van der Waals surface area contributed by atoms with E-state index < -0.39 is 53.9 Å². The van der Waals surface area contributed by atoms with Gasteiger partial charge in [0.15, 0.2) is 5.79 Å². The molecule has 2 saturated heterocycles. The molecule has 3 aliphatic rings. The fourth-order valence-corrected chi connectivity index (χ4v) is 6.76. The second-order valence-electron chi connectivity index (χ2n) is 10.9. The first-order valence-corrected chi connectivity index (χ1v) is 14.7. The number of nitrogens with one attached hydrogen (secondary N) is 3. The Morgan fingerprint density at radius 3 is 2.45 bits per heavy atom. The lowest BCUT2D eigenvalue weighted by Gasteiger charge is -2.25. The molecule has 44 heavy (non-hydrogen) atoms. The minimum atomic E-state index is -3.34. The van der Waals surface area contributed by atoms with Crippen LogP contribution in [-0.2, 0) is 25.0 Å². The molecule has 10 nitrogen and oxygen atoms in total. The molecule has 0 saturated carbocycles. The van der Waals surface area contributed by atoms with Crippen LogP contribution >= 0.6 is 11.3 Å². The molecule has 2 atom stereocenters. The number of rotatable bonds is 7. The number of carbonyl (C=O) groups excluding carboxylic acids is 3. The maximum absolute atomic E-state index is 14.9. The van der Waals surface area contributed by atoms with Crippen molar-refractivity contribution in [2.24, 2.45) is 5.73 Å². The lowest BCUT2D eigenvalue weighted by atomic mass is 10.0. The summed E-state index contributed by atoms with van der Waals surface area (Å²) in [6.45, 7) is 1.86. The number of hydrogen-bond acceptors (Lipinski definition) is 7.